The average molecular weight is 478 g/mol. The number of phenolic OH excluding ortho intramolecular Hbond substituents is 1. The molecule has 0 amide bonds. The van der Waals surface area contributed by atoms with Crippen LogP contribution in [0.15, 0.2) is 39.5 Å². The van der Waals surface area contributed by atoms with Crippen molar-refractivity contribution in [3.8, 4) is 40.1 Å². The largest absolute Gasteiger partial charge is 0.507 e. The number of hydrogen-bond acceptors (Lipinski definition) is 11. The van der Waals surface area contributed by atoms with Gasteiger partial charge in [-0.1, -0.05) is 0 Å². The zero-order valence-corrected chi connectivity index (χ0v) is 19.2. The third kappa shape index (κ3) is 5.69. The molecule has 3 rings (SSSR count). The Hall–Kier alpha value is -3.51. The number of phenols is 1. The fraction of sp³-hybridized carbons (Fsp3) is 0.348. The normalized spacial score (nSPS) is 10.9. The zero-order chi connectivity index (χ0) is 24.5. The van der Waals surface area contributed by atoms with Crippen LogP contribution in [-0.4, -0.2) is 60.7 Å². The van der Waals surface area contributed by atoms with Crippen molar-refractivity contribution in [3.63, 3.8) is 0 Å². The molecule has 11 nitrogen and oxygen atoms in total. The molecule has 0 aliphatic rings. The minimum Gasteiger partial charge on any atom is -0.507 e. The lowest BCUT2D eigenvalue weighted by Gasteiger charge is -2.16. The maximum atomic E-state index is 13.3. The van der Waals surface area contributed by atoms with E-state index in [1.807, 2.05) is 0 Å². The summed E-state index contributed by atoms with van der Waals surface area (Å²) in [6.45, 7) is -0.347. The number of benzene rings is 2. The molecule has 34 heavy (non-hydrogen) atoms. The molecule has 1 aromatic heterocycles. The fourth-order valence-electron chi connectivity index (χ4n) is 3.04. The van der Waals surface area contributed by atoms with Crippen molar-refractivity contribution < 1.29 is 47.4 Å². The molecule has 0 aliphatic heterocycles. The highest BCUT2D eigenvalue weighted by Crippen LogP contribution is 2.41. The Balaban J connectivity index is 2.23. The third-order valence-electron chi connectivity index (χ3n) is 4.44. The molecule has 0 aliphatic carbocycles. The van der Waals surface area contributed by atoms with Gasteiger partial charge in [0.15, 0.2) is 32.9 Å². The van der Waals surface area contributed by atoms with Crippen LogP contribution in [0.5, 0.6) is 28.7 Å². The van der Waals surface area contributed by atoms with Crippen LogP contribution in [0.3, 0.4) is 0 Å². The molecule has 0 radical (unpaired) electrons. The SMILES string of the molecule is COCOc1ccc(-c2oc3cc(OCOC)cc(O)c3c(=O)c2OCOC)c(OCOC)c1. The molecule has 0 unspecified atom stereocenters. The molecule has 0 fully saturated rings. The standard InChI is InChI=1S/C23H26O11/c1-26-10-30-14-5-6-16(18(8-14)32-12-28-3)22-23(33-13-29-4)21(25)20-17(24)7-15(31-11-27-2)9-19(20)34-22/h5-9,24H,10-13H2,1-4H3. The topological polar surface area (TPSA) is 124 Å². The quantitative estimate of drug-likeness (QED) is 0.364. The Morgan fingerprint density at radius 1 is 0.765 bits per heavy atom. The average Bonchev–Trinajstić information content (AvgIpc) is 2.84. The van der Waals surface area contributed by atoms with Crippen LogP contribution in [-0.2, 0) is 18.9 Å². The molecule has 0 saturated carbocycles. The van der Waals surface area contributed by atoms with Gasteiger partial charge in [-0.05, 0) is 12.1 Å². The minimum absolute atomic E-state index is 0.0276. The Morgan fingerprint density at radius 2 is 1.38 bits per heavy atom. The monoisotopic (exact) mass is 478 g/mol. The highest BCUT2D eigenvalue weighted by atomic mass is 16.7. The molecular formula is C23H26O11. The first-order valence-electron chi connectivity index (χ1n) is 9.99. The number of fused-ring (bicyclic) bond motifs is 1. The van der Waals surface area contributed by atoms with E-state index < -0.39 is 5.43 Å². The summed E-state index contributed by atoms with van der Waals surface area (Å²) >= 11 is 0. The van der Waals surface area contributed by atoms with Gasteiger partial charge in [0.1, 0.15) is 34.0 Å². The van der Waals surface area contributed by atoms with Crippen molar-refractivity contribution in [2.45, 2.75) is 0 Å². The van der Waals surface area contributed by atoms with E-state index in [-0.39, 0.29) is 66.9 Å². The van der Waals surface area contributed by atoms with E-state index in [4.69, 9.17) is 42.3 Å². The maximum Gasteiger partial charge on any atom is 0.239 e. The molecule has 2 aromatic carbocycles. The number of hydrogen-bond donors (Lipinski definition) is 1. The first-order chi connectivity index (χ1) is 16.5. The lowest BCUT2D eigenvalue weighted by Crippen LogP contribution is -2.13. The number of ether oxygens (including phenoxy) is 8. The molecule has 1 heterocycles. The van der Waals surface area contributed by atoms with E-state index in [9.17, 15) is 9.90 Å². The molecule has 0 bridgehead atoms. The Morgan fingerprint density at radius 3 is 2.06 bits per heavy atom. The second-order valence-electron chi connectivity index (χ2n) is 6.77. The summed E-state index contributed by atoms with van der Waals surface area (Å²) < 4.78 is 48.0. The van der Waals surface area contributed by atoms with Gasteiger partial charge in [0, 0.05) is 46.6 Å². The van der Waals surface area contributed by atoms with Crippen molar-refractivity contribution in [3.05, 3.63) is 40.6 Å². The van der Waals surface area contributed by atoms with Gasteiger partial charge in [0.05, 0.1) is 5.56 Å². The number of methoxy groups -OCH3 is 4. The predicted molar refractivity (Wildman–Crippen MR) is 120 cm³/mol. The third-order valence-corrected chi connectivity index (χ3v) is 4.44. The van der Waals surface area contributed by atoms with Crippen LogP contribution in [0.1, 0.15) is 0 Å². The van der Waals surface area contributed by atoms with Gasteiger partial charge in [0.2, 0.25) is 11.2 Å². The number of aromatic hydroxyl groups is 1. The predicted octanol–water partition coefficient (Wildman–Crippen LogP) is 3.10. The first kappa shape index (κ1) is 25.1. The van der Waals surface area contributed by atoms with E-state index in [0.29, 0.717) is 11.3 Å². The van der Waals surface area contributed by atoms with Crippen molar-refractivity contribution in [1.29, 1.82) is 0 Å². The summed E-state index contributed by atoms with van der Waals surface area (Å²) in [7, 11) is 5.84. The molecule has 184 valence electrons. The van der Waals surface area contributed by atoms with E-state index in [0.717, 1.165) is 0 Å². The summed E-state index contributed by atoms with van der Waals surface area (Å²) in [5.41, 5.74) is -0.176. The van der Waals surface area contributed by atoms with Crippen molar-refractivity contribution in [1.82, 2.24) is 0 Å². The van der Waals surface area contributed by atoms with Crippen molar-refractivity contribution >= 4 is 11.0 Å². The summed E-state index contributed by atoms with van der Waals surface area (Å²) in [5.74, 6) is 0.504. The maximum absolute atomic E-state index is 13.3. The fourth-order valence-corrected chi connectivity index (χ4v) is 3.04. The van der Waals surface area contributed by atoms with Crippen LogP contribution >= 0.6 is 0 Å². The van der Waals surface area contributed by atoms with E-state index >= 15 is 0 Å². The second kappa shape index (κ2) is 12.1. The van der Waals surface area contributed by atoms with E-state index in [1.165, 1.54) is 40.6 Å². The molecular weight excluding hydrogens is 452 g/mol. The van der Waals surface area contributed by atoms with Gasteiger partial charge in [0.25, 0.3) is 0 Å². The van der Waals surface area contributed by atoms with Crippen LogP contribution in [0.2, 0.25) is 0 Å². The van der Waals surface area contributed by atoms with Crippen molar-refractivity contribution in [2.75, 3.05) is 55.6 Å². The van der Waals surface area contributed by atoms with E-state index in [2.05, 4.69) is 0 Å². The first-order valence-corrected chi connectivity index (χ1v) is 9.99. The molecule has 3 aromatic rings. The van der Waals surface area contributed by atoms with Gasteiger partial charge in [-0.2, -0.15) is 0 Å². The summed E-state index contributed by atoms with van der Waals surface area (Å²) in [5, 5.41) is 10.4. The summed E-state index contributed by atoms with van der Waals surface area (Å²) in [6, 6.07) is 7.62. The Bertz CT molecular complexity index is 1160. The van der Waals surface area contributed by atoms with Crippen LogP contribution in [0, 0.1) is 0 Å². The highest BCUT2D eigenvalue weighted by molar-refractivity contribution is 5.89. The lowest BCUT2D eigenvalue weighted by atomic mass is 10.1. The molecule has 1 N–H and O–H groups in total. The van der Waals surface area contributed by atoms with Crippen molar-refractivity contribution in [2.24, 2.45) is 0 Å². The van der Waals surface area contributed by atoms with Gasteiger partial charge in [-0.3, -0.25) is 4.79 Å². The Labute approximate surface area is 195 Å². The molecule has 0 spiro atoms. The van der Waals surface area contributed by atoms with Crippen LogP contribution < -0.4 is 24.4 Å². The molecule has 0 saturated heterocycles. The van der Waals surface area contributed by atoms with Gasteiger partial charge < -0.3 is 47.4 Å². The second-order valence-corrected chi connectivity index (χ2v) is 6.77. The number of rotatable bonds is 13. The molecule has 11 heteroatoms. The van der Waals surface area contributed by atoms with Crippen LogP contribution in [0.25, 0.3) is 22.3 Å². The van der Waals surface area contributed by atoms with Gasteiger partial charge in [-0.25, -0.2) is 0 Å². The van der Waals surface area contributed by atoms with Gasteiger partial charge >= 0.3 is 0 Å². The summed E-state index contributed by atoms with van der Waals surface area (Å²) in [6.07, 6.45) is 0. The minimum atomic E-state index is -0.610. The zero-order valence-electron chi connectivity index (χ0n) is 19.2. The lowest BCUT2D eigenvalue weighted by molar-refractivity contribution is 0.0457. The highest BCUT2D eigenvalue weighted by Gasteiger charge is 2.24. The summed E-state index contributed by atoms with van der Waals surface area (Å²) in [4.78, 5) is 13.3. The molecule has 0 atom stereocenters. The smallest absolute Gasteiger partial charge is 0.239 e. The Kier molecular flexibility index (Phi) is 8.93. The van der Waals surface area contributed by atoms with Gasteiger partial charge in [-0.15, -0.1) is 0 Å². The van der Waals surface area contributed by atoms with E-state index in [1.54, 1.807) is 18.2 Å². The van der Waals surface area contributed by atoms with Crippen LogP contribution in [0.4, 0.5) is 0 Å².